The molecule has 17 heavy (non-hydrogen) atoms. The second-order valence-electron chi connectivity index (χ2n) is 4.74. The number of benzene rings is 1. The number of aliphatic hydroxyl groups is 1. The molecule has 1 N–H and O–H groups in total. The molecule has 0 amide bonds. The van der Waals surface area contributed by atoms with Crippen molar-refractivity contribution in [2.75, 3.05) is 6.61 Å². The monoisotopic (exact) mass is 238 g/mol. The van der Waals surface area contributed by atoms with Crippen LogP contribution in [0.4, 0.5) is 4.39 Å². The van der Waals surface area contributed by atoms with E-state index in [9.17, 15) is 9.50 Å². The third kappa shape index (κ3) is 2.50. The van der Waals surface area contributed by atoms with E-state index in [1.54, 1.807) is 12.1 Å². The highest BCUT2D eigenvalue weighted by atomic mass is 19.1. The van der Waals surface area contributed by atoms with Crippen LogP contribution in [0.2, 0.25) is 0 Å². The second-order valence-corrected chi connectivity index (χ2v) is 4.74. The summed E-state index contributed by atoms with van der Waals surface area (Å²) < 4.78 is 19.2. The molecule has 0 aliphatic carbocycles. The number of ether oxygens (including phenoxy) is 1. The summed E-state index contributed by atoms with van der Waals surface area (Å²) in [6, 6.07) is 4.86. The topological polar surface area (TPSA) is 29.5 Å². The van der Waals surface area contributed by atoms with Gasteiger partial charge in [0.15, 0.2) is 0 Å². The van der Waals surface area contributed by atoms with Crippen molar-refractivity contribution >= 4 is 0 Å². The Bertz CT molecular complexity index is 392. The first-order valence-electron chi connectivity index (χ1n) is 6.19. The average molecular weight is 238 g/mol. The Morgan fingerprint density at radius 1 is 1.53 bits per heavy atom. The van der Waals surface area contributed by atoms with Crippen molar-refractivity contribution in [1.29, 1.82) is 0 Å². The van der Waals surface area contributed by atoms with Gasteiger partial charge in [-0.15, -0.1) is 0 Å². The third-order valence-electron chi connectivity index (χ3n) is 3.54. The molecule has 94 valence electrons. The molecule has 1 fully saturated rings. The summed E-state index contributed by atoms with van der Waals surface area (Å²) in [5.41, 5.74) is 1.37. The lowest BCUT2D eigenvalue weighted by molar-refractivity contribution is 0.0292. The van der Waals surface area contributed by atoms with Crippen molar-refractivity contribution in [2.24, 2.45) is 5.92 Å². The van der Waals surface area contributed by atoms with Crippen LogP contribution in [0.3, 0.4) is 0 Å². The maximum absolute atomic E-state index is 13.7. The number of aliphatic hydroxyl groups excluding tert-OH is 1. The molecule has 2 rings (SSSR count). The highest BCUT2D eigenvalue weighted by molar-refractivity contribution is 5.26. The molecule has 3 heteroatoms. The fourth-order valence-corrected chi connectivity index (χ4v) is 2.57. The maximum Gasteiger partial charge on any atom is 0.129 e. The summed E-state index contributed by atoms with van der Waals surface area (Å²) in [4.78, 5) is 0. The molecule has 1 heterocycles. The Hall–Kier alpha value is -0.930. The van der Waals surface area contributed by atoms with E-state index in [2.05, 4.69) is 0 Å². The predicted octanol–water partition coefficient (Wildman–Crippen LogP) is 2.98. The van der Waals surface area contributed by atoms with E-state index in [0.717, 1.165) is 18.4 Å². The van der Waals surface area contributed by atoms with Gasteiger partial charge in [-0.2, -0.15) is 0 Å². The highest BCUT2D eigenvalue weighted by Gasteiger charge is 2.34. The largest absolute Gasteiger partial charge is 0.388 e. The molecule has 0 saturated carbocycles. The van der Waals surface area contributed by atoms with Crippen LogP contribution >= 0.6 is 0 Å². The van der Waals surface area contributed by atoms with E-state index in [1.807, 2.05) is 13.8 Å². The van der Waals surface area contributed by atoms with Crippen molar-refractivity contribution in [2.45, 2.75) is 38.9 Å². The molecule has 0 spiro atoms. The van der Waals surface area contributed by atoms with Crippen molar-refractivity contribution in [3.63, 3.8) is 0 Å². The van der Waals surface area contributed by atoms with E-state index in [-0.39, 0.29) is 17.8 Å². The lowest BCUT2D eigenvalue weighted by atomic mass is 9.88. The van der Waals surface area contributed by atoms with Crippen LogP contribution in [0.1, 0.15) is 37.0 Å². The fourth-order valence-electron chi connectivity index (χ4n) is 2.57. The smallest absolute Gasteiger partial charge is 0.129 e. The Morgan fingerprint density at radius 3 is 3.00 bits per heavy atom. The van der Waals surface area contributed by atoms with Gasteiger partial charge in [-0.25, -0.2) is 4.39 Å². The first-order valence-corrected chi connectivity index (χ1v) is 6.19. The second kappa shape index (κ2) is 5.15. The number of rotatable bonds is 3. The zero-order valence-electron chi connectivity index (χ0n) is 10.3. The lowest BCUT2D eigenvalue weighted by Gasteiger charge is -2.23. The predicted molar refractivity (Wildman–Crippen MR) is 64.2 cm³/mol. The number of hydrogen-bond acceptors (Lipinski definition) is 2. The zero-order valence-corrected chi connectivity index (χ0v) is 10.3. The van der Waals surface area contributed by atoms with Crippen LogP contribution < -0.4 is 0 Å². The fraction of sp³-hybridized carbons (Fsp3) is 0.571. The van der Waals surface area contributed by atoms with Crippen molar-refractivity contribution in [3.8, 4) is 0 Å². The molecule has 1 aliphatic heterocycles. The van der Waals surface area contributed by atoms with Gasteiger partial charge in [-0.1, -0.05) is 24.6 Å². The van der Waals surface area contributed by atoms with Gasteiger partial charge >= 0.3 is 0 Å². The van der Waals surface area contributed by atoms with Crippen LogP contribution in [-0.4, -0.2) is 17.8 Å². The first-order chi connectivity index (χ1) is 8.13. The number of halogens is 1. The summed E-state index contributed by atoms with van der Waals surface area (Å²) >= 11 is 0. The van der Waals surface area contributed by atoms with E-state index >= 15 is 0 Å². The Balaban J connectivity index is 2.24. The Labute approximate surface area is 101 Å². The first kappa shape index (κ1) is 12.5. The minimum Gasteiger partial charge on any atom is -0.388 e. The minimum atomic E-state index is -0.762. The SMILES string of the molecule is CCC1OCCC1C(O)c1cc(C)ccc1F. The van der Waals surface area contributed by atoms with Gasteiger partial charge in [0.1, 0.15) is 5.82 Å². The summed E-state index contributed by atoms with van der Waals surface area (Å²) in [7, 11) is 0. The van der Waals surface area contributed by atoms with E-state index in [4.69, 9.17) is 4.74 Å². The van der Waals surface area contributed by atoms with Crippen LogP contribution in [0.5, 0.6) is 0 Å². The molecular weight excluding hydrogens is 219 g/mol. The van der Waals surface area contributed by atoms with Gasteiger partial charge in [0.25, 0.3) is 0 Å². The number of aryl methyl sites for hydroxylation is 1. The molecule has 1 saturated heterocycles. The molecule has 0 aromatic heterocycles. The van der Waals surface area contributed by atoms with Crippen LogP contribution in [0.15, 0.2) is 18.2 Å². The van der Waals surface area contributed by atoms with Crippen molar-refractivity contribution in [1.82, 2.24) is 0 Å². The Kier molecular flexibility index (Phi) is 3.79. The van der Waals surface area contributed by atoms with Crippen molar-refractivity contribution < 1.29 is 14.2 Å². The minimum absolute atomic E-state index is 0.0105. The van der Waals surface area contributed by atoms with Crippen LogP contribution in [0.25, 0.3) is 0 Å². The van der Waals surface area contributed by atoms with Crippen LogP contribution in [-0.2, 0) is 4.74 Å². The van der Waals surface area contributed by atoms with Gasteiger partial charge in [0.05, 0.1) is 12.2 Å². The van der Waals surface area contributed by atoms with Gasteiger partial charge in [0.2, 0.25) is 0 Å². The summed E-state index contributed by atoms with van der Waals surface area (Å²) in [6.45, 7) is 4.59. The van der Waals surface area contributed by atoms with Crippen LogP contribution in [0, 0.1) is 18.7 Å². The molecule has 1 aromatic rings. The summed E-state index contributed by atoms with van der Waals surface area (Å²) in [5.74, 6) is -0.318. The maximum atomic E-state index is 13.7. The molecule has 3 unspecified atom stereocenters. The van der Waals surface area contributed by atoms with Gasteiger partial charge in [-0.3, -0.25) is 0 Å². The van der Waals surface area contributed by atoms with E-state index in [1.165, 1.54) is 6.07 Å². The molecular formula is C14H19FO2. The number of hydrogen-bond donors (Lipinski definition) is 1. The molecule has 1 aromatic carbocycles. The molecule has 2 nitrogen and oxygen atoms in total. The average Bonchev–Trinajstić information content (AvgIpc) is 2.79. The van der Waals surface area contributed by atoms with Gasteiger partial charge in [0, 0.05) is 18.1 Å². The Morgan fingerprint density at radius 2 is 2.29 bits per heavy atom. The lowest BCUT2D eigenvalue weighted by Crippen LogP contribution is -2.22. The van der Waals surface area contributed by atoms with Crippen molar-refractivity contribution in [3.05, 3.63) is 35.1 Å². The summed E-state index contributed by atoms with van der Waals surface area (Å²) in [5, 5.41) is 10.3. The summed E-state index contributed by atoms with van der Waals surface area (Å²) in [6.07, 6.45) is 0.939. The molecule has 0 bridgehead atoms. The molecule has 3 atom stereocenters. The zero-order chi connectivity index (χ0) is 12.4. The molecule has 1 aliphatic rings. The quantitative estimate of drug-likeness (QED) is 0.877. The third-order valence-corrected chi connectivity index (χ3v) is 3.54. The standard InChI is InChI=1S/C14H19FO2/c1-3-13-10(6-7-17-13)14(16)11-8-9(2)4-5-12(11)15/h4-5,8,10,13-14,16H,3,6-7H2,1-2H3. The van der Waals surface area contributed by atoms with E-state index in [0.29, 0.717) is 12.2 Å². The normalized spacial score (nSPS) is 26.1. The molecule has 0 radical (unpaired) electrons. The van der Waals surface area contributed by atoms with Gasteiger partial charge in [-0.05, 0) is 25.8 Å². The van der Waals surface area contributed by atoms with Gasteiger partial charge < -0.3 is 9.84 Å². The highest BCUT2D eigenvalue weighted by Crippen LogP contribution is 2.35. The van der Waals surface area contributed by atoms with E-state index < -0.39 is 6.10 Å².